The minimum Gasteiger partial charge on any atom is -0.408 e. The lowest BCUT2D eigenvalue weighted by atomic mass is 10.2. The number of nitro groups is 1. The number of nitro benzene ring substituents is 1. The summed E-state index contributed by atoms with van der Waals surface area (Å²) in [6.07, 6.45) is 0. The maximum absolute atomic E-state index is 11.5. The molecule has 0 atom stereocenters. The lowest BCUT2D eigenvalue weighted by Gasteiger charge is -2.04. The fraction of sp³-hybridized carbons (Fsp3) is 0.300. The third kappa shape index (κ3) is 1.48. The van der Waals surface area contributed by atoms with E-state index in [1.54, 1.807) is 0 Å². The van der Waals surface area contributed by atoms with Gasteiger partial charge in [-0.2, -0.15) is 0 Å². The van der Waals surface area contributed by atoms with E-state index in [4.69, 9.17) is 4.42 Å². The fourth-order valence-electron chi connectivity index (χ4n) is 1.62. The Morgan fingerprint density at radius 3 is 2.69 bits per heavy atom. The quantitative estimate of drug-likeness (QED) is 0.575. The van der Waals surface area contributed by atoms with E-state index in [1.807, 2.05) is 13.8 Å². The molecule has 6 nitrogen and oxygen atoms in total. The van der Waals surface area contributed by atoms with Gasteiger partial charge in [0.1, 0.15) is 0 Å². The van der Waals surface area contributed by atoms with Crippen LogP contribution in [0.1, 0.15) is 19.9 Å². The minimum atomic E-state index is -0.498. The van der Waals surface area contributed by atoms with Crippen molar-refractivity contribution in [1.29, 1.82) is 0 Å². The van der Waals surface area contributed by atoms with Crippen molar-refractivity contribution >= 4 is 16.8 Å². The van der Waals surface area contributed by atoms with Gasteiger partial charge in [0.15, 0.2) is 5.58 Å². The van der Waals surface area contributed by atoms with Crippen molar-refractivity contribution in [2.24, 2.45) is 0 Å². The molecule has 0 spiro atoms. The average molecular weight is 222 g/mol. The van der Waals surface area contributed by atoms with Gasteiger partial charge in [0.2, 0.25) is 0 Å². The molecule has 0 N–H and O–H groups in total. The van der Waals surface area contributed by atoms with Crippen LogP contribution in [0, 0.1) is 10.1 Å². The second-order valence-electron chi connectivity index (χ2n) is 3.74. The van der Waals surface area contributed by atoms with Gasteiger partial charge in [-0.25, -0.2) is 4.79 Å². The van der Waals surface area contributed by atoms with Crippen LogP contribution in [0.15, 0.2) is 27.4 Å². The van der Waals surface area contributed by atoms with Crippen molar-refractivity contribution in [3.8, 4) is 0 Å². The number of hydrogen-bond donors (Lipinski definition) is 0. The van der Waals surface area contributed by atoms with Gasteiger partial charge >= 0.3 is 5.76 Å². The Morgan fingerprint density at radius 1 is 1.44 bits per heavy atom. The number of aromatic nitrogens is 1. The van der Waals surface area contributed by atoms with Gasteiger partial charge in [0, 0.05) is 18.2 Å². The van der Waals surface area contributed by atoms with Crippen molar-refractivity contribution in [3.63, 3.8) is 0 Å². The Labute approximate surface area is 90.2 Å². The smallest absolute Gasteiger partial charge is 0.408 e. The topological polar surface area (TPSA) is 78.3 Å². The van der Waals surface area contributed by atoms with Crippen LogP contribution in [-0.4, -0.2) is 9.49 Å². The summed E-state index contributed by atoms with van der Waals surface area (Å²) in [4.78, 5) is 21.6. The summed E-state index contributed by atoms with van der Waals surface area (Å²) < 4.78 is 6.37. The maximum atomic E-state index is 11.5. The molecule has 84 valence electrons. The summed E-state index contributed by atoms with van der Waals surface area (Å²) in [5.41, 5.74) is 0.765. The van der Waals surface area contributed by atoms with Gasteiger partial charge < -0.3 is 4.42 Å². The summed E-state index contributed by atoms with van der Waals surface area (Å²) >= 11 is 0. The molecule has 6 heteroatoms. The van der Waals surface area contributed by atoms with Crippen LogP contribution in [-0.2, 0) is 0 Å². The van der Waals surface area contributed by atoms with E-state index in [0.717, 1.165) is 0 Å². The van der Waals surface area contributed by atoms with E-state index in [0.29, 0.717) is 11.1 Å². The maximum Gasteiger partial charge on any atom is 0.420 e. The first-order valence-electron chi connectivity index (χ1n) is 4.80. The van der Waals surface area contributed by atoms with Crippen LogP contribution < -0.4 is 5.76 Å². The molecule has 0 aliphatic rings. The molecule has 2 rings (SSSR count). The number of benzene rings is 1. The molecule has 0 radical (unpaired) electrons. The van der Waals surface area contributed by atoms with Crippen molar-refractivity contribution in [3.05, 3.63) is 38.9 Å². The highest BCUT2D eigenvalue weighted by Crippen LogP contribution is 2.22. The zero-order valence-corrected chi connectivity index (χ0v) is 8.84. The molecule has 0 saturated heterocycles. The van der Waals surface area contributed by atoms with Gasteiger partial charge in [-0.05, 0) is 19.9 Å². The van der Waals surface area contributed by atoms with Crippen molar-refractivity contribution in [1.82, 2.24) is 4.57 Å². The SMILES string of the molecule is CC(C)n1c(=O)oc2ccc([N+](=O)[O-])cc21. The highest BCUT2D eigenvalue weighted by molar-refractivity contribution is 5.76. The first-order valence-corrected chi connectivity index (χ1v) is 4.80. The van der Waals surface area contributed by atoms with Crippen LogP contribution in [0.4, 0.5) is 5.69 Å². The van der Waals surface area contributed by atoms with Crippen LogP contribution in [0.3, 0.4) is 0 Å². The highest BCUT2D eigenvalue weighted by atomic mass is 16.6. The second kappa shape index (κ2) is 3.48. The summed E-state index contributed by atoms with van der Waals surface area (Å²) in [5, 5.41) is 10.6. The van der Waals surface area contributed by atoms with Gasteiger partial charge in [-0.1, -0.05) is 0 Å². The molecule has 0 aliphatic heterocycles. The molecule has 0 fully saturated rings. The number of nitrogens with zero attached hydrogens (tertiary/aromatic N) is 2. The lowest BCUT2D eigenvalue weighted by molar-refractivity contribution is -0.384. The molecule has 1 aromatic heterocycles. The number of oxazole rings is 1. The Balaban J connectivity index is 2.79. The molecular weight excluding hydrogens is 212 g/mol. The van der Waals surface area contributed by atoms with E-state index >= 15 is 0 Å². The van der Waals surface area contributed by atoms with Gasteiger partial charge in [0.25, 0.3) is 5.69 Å². The summed E-state index contributed by atoms with van der Waals surface area (Å²) in [7, 11) is 0. The third-order valence-corrected chi connectivity index (χ3v) is 2.32. The Morgan fingerprint density at radius 2 is 2.12 bits per heavy atom. The Hall–Kier alpha value is -2.11. The van der Waals surface area contributed by atoms with E-state index < -0.39 is 10.7 Å². The van der Waals surface area contributed by atoms with Gasteiger partial charge in [-0.3, -0.25) is 14.7 Å². The predicted octanol–water partition coefficient (Wildman–Crippen LogP) is 2.08. The van der Waals surface area contributed by atoms with Crippen LogP contribution in [0.25, 0.3) is 11.1 Å². The first-order chi connectivity index (χ1) is 7.50. The zero-order chi connectivity index (χ0) is 11.9. The van der Waals surface area contributed by atoms with Crippen LogP contribution >= 0.6 is 0 Å². The van der Waals surface area contributed by atoms with E-state index in [2.05, 4.69) is 0 Å². The predicted molar refractivity (Wildman–Crippen MR) is 57.5 cm³/mol. The van der Waals surface area contributed by atoms with E-state index in [9.17, 15) is 14.9 Å². The molecule has 0 bridgehead atoms. The standard InChI is InChI=1S/C10H10N2O4/c1-6(2)11-8-5-7(12(14)15)3-4-9(8)16-10(11)13/h3-6H,1-2H3. The fourth-order valence-corrected chi connectivity index (χ4v) is 1.62. The molecule has 0 saturated carbocycles. The number of hydrogen-bond acceptors (Lipinski definition) is 4. The average Bonchev–Trinajstić information content (AvgIpc) is 2.51. The highest BCUT2D eigenvalue weighted by Gasteiger charge is 2.15. The van der Waals surface area contributed by atoms with Crippen molar-refractivity contribution in [2.45, 2.75) is 19.9 Å². The molecule has 0 amide bonds. The normalized spacial score (nSPS) is 11.2. The number of rotatable bonds is 2. The third-order valence-electron chi connectivity index (χ3n) is 2.32. The summed E-state index contributed by atoms with van der Waals surface area (Å²) in [6, 6.07) is 4.00. The first kappa shape index (κ1) is 10.4. The van der Waals surface area contributed by atoms with Crippen LogP contribution in [0.5, 0.6) is 0 Å². The number of fused-ring (bicyclic) bond motifs is 1. The lowest BCUT2D eigenvalue weighted by Crippen LogP contribution is -2.15. The largest absolute Gasteiger partial charge is 0.420 e. The Bertz CT molecular complexity index is 609. The Kier molecular flexibility index (Phi) is 2.26. The van der Waals surface area contributed by atoms with Crippen molar-refractivity contribution < 1.29 is 9.34 Å². The molecule has 16 heavy (non-hydrogen) atoms. The number of non-ortho nitro benzene ring substituents is 1. The monoisotopic (exact) mass is 222 g/mol. The molecule has 1 heterocycles. The van der Waals surface area contributed by atoms with E-state index in [1.165, 1.54) is 22.8 Å². The summed E-state index contributed by atoms with van der Waals surface area (Å²) in [5.74, 6) is -0.495. The summed E-state index contributed by atoms with van der Waals surface area (Å²) in [6.45, 7) is 3.63. The molecular formula is C10H10N2O4. The molecule has 2 aromatic rings. The van der Waals surface area contributed by atoms with Gasteiger partial charge in [-0.15, -0.1) is 0 Å². The second-order valence-corrected chi connectivity index (χ2v) is 3.74. The molecule has 0 unspecified atom stereocenters. The van der Waals surface area contributed by atoms with Crippen LogP contribution in [0.2, 0.25) is 0 Å². The molecule has 0 aliphatic carbocycles. The van der Waals surface area contributed by atoms with Crippen molar-refractivity contribution in [2.75, 3.05) is 0 Å². The minimum absolute atomic E-state index is 0.0531. The zero-order valence-electron chi connectivity index (χ0n) is 8.84. The molecule has 1 aromatic carbocycles. The van der Waals surface area contributed by atoms with E-state index in [-0.39, 0.29) is 11.7 Å². The van der Waals surface area contributed by atoms with Gasteiger partial charge in [0.05, 0.1) is 10.4 Å².